The van der Waals surface area contributed by atoms with Crippen molar-refractivity contribution in [3.8, 4) is 0 Å². The lowest BCUT2D eigenvalue weighted by Crippen LogP contribution is -2.41. The van der Waals surface area contributed by atoms with Gasteiger partial charge in [0.1, 0.15) is 5.82 Å². The molecule has 2 N–H and O–H groups in total. The van der Waals surface area contributed by atoms with Gasteiger partial charge in [-0.25, -0.2) is 0 Å². The van der Waals surface area contributed by atoms with Crippen LogP contribution in [0.25, 0.3) is 5.65 Å². The fourth-order valence-electron chi connectivity index (χ4n) is 3.52. The molecule has 1 aliphatic rings. The lowest BCUT2D eigenvalue weighted by Gasteiger charge is -2.19. The van der Waals surface area contributed by atoms with E-state index < -0.39 is 0 Å². The molecule has 0 aliphatic heterocycles. The maximum Gasteiger partial charge on any atom is 0.191 e. The first-order valence-electron chi connectivity index (χ1n) is 9.69. The van der Waals surface area contributed by atoms with Crippen LogP contribution in [0.1, 0.15) is 30.7 Å². The average molecular weight is 569 g/mol. The van der Waals surface area contributed by atoms with Gasteiger partial charge in [0.05, 0.1) is 0 Å². The van der Waals surface area contributed by atoms with Crippen molar-refractivity contribution in [1.82, 2.24) is 25.2 Å². The molecule has 1 aromatic carbocycles. The van der Waals surface area contributed by atoms with Crippen LogP contribution in [0.3, 0.4) is 0 Å². The van der Waals surface area contributed by atoms with Crippen molar-refractivity contribution in [2.75, 3.05) is 20.1 Å². The summed E-state index contributed by atoms with van der Waals surface area (Å²) in [4.78, 5) is 4.37. The van der Waals surface area contributed by atoms with Gasteiger partial charge in [0.25, 0.3) is 0 Å². The minimum Gasteiger partial charge on any atom is -0.356 e. The number of hydrogen-bond acceptors (Lipinski definition) is 3. The van der Waals surface area contributed by atoms with E-state index in [2.05, 4.69) is 66.0 Å². The summed E-state index contributed by atoms with van der Waals surface area (Å²) in [6.07, 6.45) is 6.28. The van der Waals surface area contributed by atoms with E-state index in [-0.39, 0.29) is 29.4 Å². The molecular formula is C21H26BrIN6. The van der Waals surface area contributed by atoms with Crippen LogP contribution in [0.15, 0.2) is 58.1 Å². The van der Waals surface area contributed by atoms with E-state index in [0.29, 0.717) is 0 Å². The fourth-order valence-corrected chi connectivity index (χ4v) is 3.92. The third kappa shape index (κ3) is 5.28. The Balaban J connectivity index is 0.00000240. The van der Waals surface area contributed by atoms with E-state index in [1.165, 1.54) is 18.4 Å². The Morgan fingerprint density at radius 2 is 2.03 bits per heavy atom. The second-order valence-corrected chi connectivity index (χ2v) is 8.21. The first-order chi connectivity index (χ1) is 13.7. The smallest absolute Gasteiger partial charge is 0.191 e. The number of aliphatic imine (C=N–C) groups is 1. The Hall–Kier alpha value is -1.68. The van der Waals surface area contributed by atoms with Crippen LogP contribution < -0.4 is 10.6 Å². The quantitative estimate of drug-likeness (QED) is 0.196. The number of halogens is 2. The molecule has 1 fully saturated rings. The number of aryl methyl sites for hydroxylation is 1. The zero-order valence-electron chi connectivity index (χ0n) is 16.4. The first-order valence-corrected chi connectivity index (χ1v) is 10.5. The molecule has 0 bridgehead atoms. The van der Waals surface area contributed by atoms with Crippen LogP contribution in [-0.2, 0) is 11.8 Å². The number of nitrogens with one attached hydrogen (secondary N) is 2. The fraction of sp³-hybridized carbons (Fsp3) is 0.381. The Kier molecular flexibility index (Phi) is 7.50. The average Bonchev–Trinajstić information content (AvgIpc) is 3.41. The summed E-state index contributed by atoms with van der Waals surface area (Å²) >= 11 is 3.58. The molecular weight excluding hydrogens is 543 g/mol. The van der Waals surface area contributed by atoms with Gasteiger partial charge < -0.3 is 10.6 Å². The molecule has 8 heteroatoms. The molecule has 0 radical (unpaired) electrons. The Bertz CT molecular complexity index is 982. The van der Waals surface area contributed by atoms with Gasteiger partial charge in [0.2, 0.25) is 0 Å². The van der Waals surface area contributed by atoms with E-state index in [9.17, 15) is 0 Å². The number of guanidine groups is 1. The minimum atomic E-state index is 0. The molecule has 6 nitrogen and oxygen atoms in total. The van der Waals surface area contributed by atoms with Crippen molar-refractivity contribution in [1.29, 1.82) is 0 Å². The summed E-state index contributed by atoms with van der Waals surface area (Å²) < 4.78 is 3.18. The summed E-state index contributed by atoms with van der Waals surface area (Å²) in [5.74, 6) is 1.85. The van der Waals surface area contributed by atoms with E-state index >= 15 is 0 Å². The molecule has 0 saturated heterocycles. The number of rotatable bonds is 7. The van der Waals surface area contributed by atoms with Crippen molar-refractivity contribution in [2.45, 2.75) is 31.1 Å². The number of fused-ring (bicyclic) bond motifs is 1. The van der Waals surface area contributed by atoms with Gasteiger partial charge in [-0.1, -0.05) is 34.1 Å². The number of benzene rings is 1. The largest absolute Gasteiger partial charge is 0.356 e. The molecule has 2 aromatic heterocycles. The molecule has 0 amide bonds. The summed E-state index contributed by atoms with van der Waals surface area (Å²) in [6.45, 7) is 1.74. The van der Waals surface area contributed by atoms with Crippen LogP contribution in [0.5, 0.6) is 0 Å². The van der Waals surface area contributed by atoms with E-state index in [0.717, 1.165) is 47.8 Å². The molecule has 0 unspecified atom stereocenters. The highest BCUT2D eigenvalue weighted by Crippen LogP contribution is 2.48. The first kappa shape index (κ1) is 22.0. The van der Waals surface area contributed by atoms with Crippen LogP contribution in [0, 0.1) is 0 Å². The van der Waals surface area contributed by atoms with Crippen molar-refractivity contribution in [3.63, 3.8) is 0 Å². The summed E-state index contributed by atoms with van der Waals surface area (Å²) in [6, 6.07) is 14.6. The zero-order valence-corrected chi connectivity index (χ0v) is 20.4. The molecule has 1 aliphatic carbocycles. The summed E-state index contributed by atoms with van der Waals surface area (Å²) in [5.41, 5.74) is 2.52. The molecule has 0 spiro atoms. The van der Waals surface area contributed by atoms with E-state index in [1.54, 1.807) is 0 Å². The molecule has 2 heterocycles. The van der Waals surface area contributed by atoms with Crippen LogP contribution in [-0.4, -0.2) is 40.7 Å². The lowest BCUT2D eigenvalue weighted by atomic mass is 9.96. The SMILES string of the molecule is CN=C(NCCCc1nnc2ccccn12)NCC1(c2cccc(Br)c2)CC1.I. The monoisotopic (exact) mass is 568 g/mol. The number of aromatic nitrogens is 3. The second-order valence-electron chi connectivity index (χ2n) is 7.29. The Morgan fingerprint density at radius 1 is 1.17 bits per heavy atom. The zero-order chi connectivity index (χ0) is 19.4. The minimum absolute atomic E-state index is 0. The van der Waals surface area contributed by atoms with Gasteiger partial charge in [-0.15, -0.1) is 34.2 Å². The Labute approximate surface area is 196 Å². The van der Waals surface area contributed by atoms with Crippen LogP contribution in [0.2, 0.25) is 0 Å². The number of pyridine rings is 1. The normalized spacial score (nSPS) is 15.0. The van der Waals surface area contributed by atoms with Crippen molar-refractivity contribution >= 4 is 51.5 Å². The topological polar surface area (TPSA) is 66.6 Å². The van der Waals surface area contributed by atoms with Gasteiger partial charge >= 0.3 is 0 Å². The van der Waals surface area contributed by atoms with Crippen molar-refractivity contribution in [2.24, 2.45) is 4.99 Å². The van der Waals surface area contributed by atoms with Crippen molar-refractivity contribution < 1.29 is 0 Å². The predicted molar refractivity (Wildman–Crippen MR) is 131 cm³/mol. The second kappa shape index (κ2) is 9.88. The maximum absolute atomic E-state index is 4.37. The summed E-state index contributed by atoms with van der Waals surface area (Å²) in [7, 11) is 1.82. The third-order valence-electron chi connectivity index (χ3n) is 5.36. The van der Waals surface area contributed by atoms with Crippen LogP contribution in [0.4, 0.5) is 0 Å². The van der Waals surface area contributed by atoms with Crippen LogP contribution >= 0.6 is 39.9 Å². The molecule has 3 aromatic rings. The standard InChI is InChI=1S/C21H25BrN6.HI/c1-23-20(25-15-21(10-11-21)16-6-4-7-17(22)14-16)24-12-5-9-19-27-26-18-8-2-3-13-28(18)19;/h2-4,6-8,13-14H,5,9-12,15H2,1H3,(H2,23,24,25);1H. The molecule has 0 atom stereocenters. The molecule has 4 rings (SSSR count). The summed E-state index contributed by atoms with van der Waals surface area (Å²) in [5, 5.41) is 15.4. The molecule has 1 saturated carbocycles. The highest BCUT2D eigenvalue weighted by molar-refractivity contribution is 14.0. The lowest BCUT2D eigenvalue weighted by molar-refractivity contribution is 0.639. The molecule has 29 heavy (non-hydrogen) atoms. The highest BCUT2D eigenvalue weighted by atomic mass is 127. The van der Waals surface area contributed by atoms with Gasteiger partial charge in [-0.2, -0.15) is 0 Å². The number of nitrogens with zero attached hydrogens (tertiary/aromatic N) is 4. The predicted octanol–water partition coefficient (Wildman–Crippen LogP) is 3.94. The van der Waals surface area contributed by atoms with Gasteiger partial charge in [-0.3, -0.25) is 9.39 Å². The Morgan fingerprint density at radius 3 is 2.79 bits per heavy atom. The molecule has 154 valence electrons. The van der Waals surface area contributed by atoms with E-state index in [4.69, 9.17) is 0 Å². The third-order valence-corrected chi connectivity index (χ3v) is 5.86. The van der Waals surface area contributed by atoms with Crippen molar-refractivity contribution in [3.05, 3.63) is 64.5 Å². The number of hydrogen-bond donors (Lipinski definition) is 2. The highest BCUT2D eigenvalue weighted by Gasteiger charge is 2.44. The van der Waals surface area contributed by atoms with Gasteiger partial charge in [-0.05, 0) is 49.1 Å². The van der Waals surface area contributed by atoms with Gasteiger partial charge in [0.15, 0.2) is 11.6 Å². The maximum atomic E-state index is 4.37. The van der Waals surface area contributed by atoms with Gasteiger partial charge in [0, 0.05) is 42.6 Å². The van der Waals surface area contributed by atoms with E-state index in [1.807, 2.05) is 35.8 Å².